The van der Waals surface area contributed by atoms with Crippen molar-refractivity contribution in [3.63, 3.8) is 0 Å². The van der Waals surface area contributed by atoms with Gasteiger partial charge in [-0.25, -0.2) is 9.97 Å². The van der Waals surface area contributed by atoms with E-state index in [4.69, 9.17) is 0 Å². The Labute approximate surface area is 122 Å². The maximum atomic E-state index is 4.63. The van der Waals surface area contributed by atoms with Crippen LogP contribution in [0.2, 0.25) is 0 Å². The average Bonchev–Trinajstić information content (AvgIpc) is 3.00. The van der Waals surface area contributed by atoms with Crippen LogP contribution in [0, 0.1) is 13.8 Å². The standard InChI is InChI=1S/C15H18N4S/c1-10-4-13-14(5-11(10)2)19(9-17-13)7-12-8-20-15(18-12)6-16-3/h4-5,8-9,16H,6-7H2,1-3H3. The Morgan fingerprint density at radius 1 is 1.25 bits per heavy atom. The molecule has 0 aliphatic heterocycles. The van der Waals surface area contributed by atoms with E-state index in [0.29, 0.717) is 0 Å². The highest BCUT2D eigenvalue weighted by molar-refractivity contribution is 7.09. The van der Waals surface area contributed by atoms with Crippen molar-refractivity contribution in [2.45, 2.75) is 26.9 Å². The van der Waals surface area contributed by atoms with Crippen molar-refractivity contribution >= 4 is 22.4 Å². The van der Waals surface area contributed by atoms with Crippen LogP contribution in [0.25, 0.3) is 11.0 Å². The molecular weight excluding hydrogens is 268 g/mol. The lowest BCUT2D eigenvalue weighted by Gasteiger charge is -2.04. The van der Waals surface area contributed by atoms with Gasteiger partial charge in [0.15, 0.2) is 0 Å². The van der Waals surface area contributed by atoms with E-state index >= 15 is 0 Å². The maximum absolute atomic E-state index is 4.63. The number of thiazole rings is 1. The molecule has 0 atom stereocenters. The fourth-order valence-electron chi connectivity index (χ4n) is 2.27. The third-order valence-corrected chi connectivity index (χ3v) is 4.39. The Bertz CT molecular complexity index is 741. The minimum Gasteiger partial charge on any atom is -0.324 e. The second-order valence-corrected chi connectivity index (χ2v) is 6.00. The molecule has 0 fully saturated rings. The Hall–Kier alpha value is -1.72. The summed E-state index contributed by atoms with van der Waals surface area (Å²) in [6, 6.07) is 4.35. The topological polar surface area (TPSA) is 42.7 Å². The maximum Gasteiger partial charge on any atom is 0.107 e. The largest absolute Gasteiger partial charge is 0.324 e. The summed E-state index contributed by atoms with van der Waals surface area (Å²) in [4.78, 5) is 9.12. The van der Waals surface area contributed by atoms with Gasteiger partial charge in [-0.15, -0.1) is 11.3 Å². The number of nitrogens with zero attached hydrogens (tertiary/aromatic N) is 3. The lowest BCUT2D eigenvalue weighted by atomic mass is 10.1. The monoisotopic (exact) mass is 286 g/mol. The summed E-state index contributed by atoms with van der Waals surface area (Å²) in [7, 11) is 1.94. The molecule has 2 aromatic heterocycles. The van der Waals surface area contributed by atoms with Crippen molar-refractivity contribution in [1.82, 2.24) is 19.9 Å². The molecule has 0 radical (unpaired) electrons. The van der Waals surface area contributed by atoms with Crippen molar-refractivity contribution in [3.8, 4) is 0 Å². The number of hydrogen-bond acceptors (Lipinski definition) is 4. The zero-order valence-corrected chi connectivity index (χ0v) is 12.8. The Balaban J connectivity index is 1.92. The number of rotatable bonds is 4. The van der Waals surface area contributed by atoms with Crippen LogP contribution in [0.15, 0.2) is 23.8 Å². The third-order valence-electron chi connectivity index (χ3n) is 3.50. The second kappa shape index (κ2) is 5.34. The third kappa shape index (κ3) is 2.46. The van der Waals surface area contributed by atoms with Crippen LogP contribution in [0.5, 0.6) is 0 Å². The van der Waals surface area contributed by atoms with E-state index < -0.39 is 0 Å². The molecule has 104 valence electrons. The SMILES string of the molecule is CNCc1nc(Cn2cnc3cc(C)c(C)cc32)cs1. The minimum absolute atomic E-state index is 0.777. The molecule has 3 aromatic rings. The van der Waals surface area contributed by atoms with Crippen LogP contribution >= 0.6 is 11.3 Å². The molecule has 1 N–H and O–H groups in total. The Kier molecular flexibility index (Phi) is 3.54. The highest BCUT2D eigenvalue weighted by Gasteiger charge is 2.07. The molecule has 4 nitrogen and oxygen atoms in total. The molecule has 0 aliphatic carbocycles. The predicted molar refractivity (Wildman–Crippen MR) is 83.2 cm³/mol. The summed E-state index contributed by atoms with van der Waals surface area (Å²) >= 11 is 1.70. The van der Waals surface area contributed by atoms with E-state index in [1.54, 1.807) is 11.3 Å². The van der Waals surface area contributed by atoms with E-state index in [2.05, 4.69) is 51.2 Å². The van der Waals surface area contributed by atoms with Crippen LogP contribution in [-0.2, 0) is 13.1 Å². The molecule has 0 unspecified atom stereocenters. The molecule has 0 spiro atoms. The van der Waals surface area contributed by atoms with Crippen LogP contribution in [0.4, 0.5) is 0 Å². The summed E-state index contributed by atoms with van der Waals surface area (Å²) < 4.78 is 2.17. The molecule has 1 aromatic carbocycles. The molecular formula is C15H18N4S. The summed E-state index contributed by atoms with van der Waals surface area (Å²) in [6.07, 6.45) is 1.90. The van der Waals surface area contributed by atoms with Crippen molar-refractivity contribution in [1.29, 1.82) is 0 Å². The summed E-state index contributed by atoms with van der Waals surface area (Å²) in [6.45, 7) is 5.87. The number of nitrogens with one attached hydrogen (secondary N) is 1. The molecule has 0 aliphatic rings. The first-order valence-electron chi connectivity index (χ1n) is 6.67. The second-order valence-electron chi connectivity index (χ2n) is 5.06. The quantitative estimate of drug-likeness (QED) is 0.802. The molecule has 0 amide bonds. The number of hydrogen-bond donors (Lipinski definition) is 1. The summed E-state index contributed by atoms with van der Waals surface area (Å²) in [5, 5.41) is 6.38. The average molecular weight is 286 g/mol. The van der Waals surface area contributed by atoms with Gasteiger partial charge in [0, 0.05) is 11.9 Å². The molecule has 5 heteroatoms. The van der Waals surface area contributed by atoms with Crippen LogP contribution < -0.4 is 5.32 Å². The molecule has 20 heavy (non-hydrogen) atoms. The van der Waals surface area contributed by atoms with Gasteiger partial charge in [-0.1, -0.05) is 0 Å². The Morgan fingerprint density at radius 3 is 2.85 bits per heavy atom. The van der Waals surface area contributed by atoms with Crippen LogP contribution in [-0.4, -0.2) is 21.6 Å². The van der Waals surface area contributed by atoms with Crippen LogP contribution in [0.3, 0.4) is 0 Å². The van der Waals surface area contributed by atoms with Gasteiger partial charge in [0.05, 0.1) is 29.6 Å². The molecule has 2 heterocycles. The van der Waals surface area contributed by atoms with Crippen molar-refractivity contribution in [2.24, 2.45) is 0 Å². The van der Waals surface area contributed by atoms with Gasteiger partial charge in [0.25, 0.3) is 0 Å². The van der Waals surface area contributed by atoms with Gasteiger partial charge in [0.2, 0.25) is 0 Å². The van der Waals surface area contributed by atoms with Gasteiger partial charge >= 0.3 is 0 Å². The Morgan fingerprint density at radius 2 is 2.05 bits per heavy atom. The first-order chi connectivity index (χ1) is 9.67. The van der Waals surface area contributed by atoms with E-state index in [9.17, 15) is 0 Å². The van der Waals surface area contributed by atoms with Gasteiger partial charge in [-0.3, -0.25) is 0 Å². The highest BCUT2D eigenvalue weighted by Crippen LogP contribution is 2.20. The first kappa shape index (κ1) is 13.3. The first-order valence-corrected chi connectivity index (χ1v) is 7.55. The van der Waals surface area contributed by atoms with Gasteiger partial charge in [-0.2, -0.15) is 0 Å². The number of benzene rings is 1. The van der Waals surface area contributed by atoms with Crippen molar-refractivity contribution in [3.05, 3.63) is 45.7 Å². The summed E-state index contributed by atoms with van der Waals surface area (Å²) in [5.41, 5.74) is 5.91. The van der Waals surface area contributed by atoms with Crippen molar-refractivity contribution in [2.75, 3.05) is 7.05 Å². The smallest absolute Gasteiger partial charge is 0.107 e. The minimum atomic E-state index is 0.777. The lowest BCUT2D eigenvalue weighted by Crippen LogP contribution is -2.05. The lowest BCUT2D eigenvalue weighted by molar-refractivity contribution is 0.773. The normalized spacial score (nSPS) is 11.3. The van der Waals surface area contributed by atoms with E-state index in [-0.39, 0.29) is 0 Å². The van der Waals surface area contributed by atoms with E-state index in [1.165, 1.54) is 16.6 Å². The predicted octanol–water partition coefficient (Wildman–Crippen LogP) is 2.88. The zero-order valence-electron chi connectivity index (χ0n) is 12.0. The summed E-state index contributed by atoms with van der Waals surface area (Å²) in [5.74, 6) is 0. The number of aromatic nitrogens is 3. The van der Waals surface area contributed by atoms with E-state index in [1.807, 2.05) is 13.4 Å². The fraction of sp³-hybridized carbons (Fsp3) is 0.333. The zero-order chi connectivity index (χ0) is 14.1. The molecule has 0 saturated carbocycles. The molecule has 3 rings (SSSR count). The number of imidazole rings is 1. The molecule has 0 saturated heterocycles. The van der Waals surface area contributed by atoms with Crippen molar-refractivity contribution < 1.29 is 0 Å². The van der Waals surface area contributed by atoms with Crippen LogP contribution in [0.1, 0.15) is 21.8 Å². The van der Waals surface area contributed by atoms with Gasteiger partial charge in [-0.05, 0) is 44.2 Å². The highest BCUT2D eigenvalue weighted by atomic mass is 32.1. The number of aryl methyl sites for hydroxylation is 2. The fourth-order valence-corrected chi connectivity index (χ4v) is 3.06. The molecule has 0 bridgehead atoms. The number of fused-ring (bicyclic) bond motifs is 1. The van der Waals surface area contributed by atoms with Gasteiger partial charge < -0.3 is 9.88 Å². The van der Waals surface area contributed by atoms with E-state index in [0.717, 1.165) is 29.3 Å². The van der Waals surface area contributed by atoms with Gasteiger partial charge in [0.1, 0.15) is 5.01 Å².